The van der Waals surface area contributed by atoms with Crippen LogP contribution in [0.2, 0.25) is 0 Å². The monoisotopic (exact) mass is 193 g/mol. The van der Waals surface area contributed by atoms with Crippen LogP contribution in [0.5, 0.6) is 0 Å². The predicted octanol–water partition coefficient (Wildman–Crippen LogP) is 2.40. The fourth-order valence-corrected chi connectivity index (χ4v) is 0.840. The first-order valence-electron chi connectivity index (χ1n) is 1.62. The van der Waals surface area contributed by atoms with Gasteiger partial charge in [-0.05, 0) is 0 Å². The molecule has 0 aliphatic carbocycles. The second kappa shape index (κ2) is 3.02. The molecule has 0 aromatic heterocycles. The minimum Gasteiger partial charge on any atom is -0.390 e. The fraction of sp³-hybridized carbons (Fsp3) is 0.333. The summed E-state index contributed by atoms with van der Waals surface area (Å²) >= 11 is 20.8. The van der Waals surface area contributed by atoms with Gasteiger partial charge in [0.15, 0.2) is 0 Å². The Labute approximate surface area is 67.3 Å². The Morgan fingerprint density at radius 3 is 1.75 bits per heavy atom. The number of hydrogen-bond acceptors (Lipinski definition) is 1. The van der Waals surface area contributed by atoms with Gasteiger partial charge in [-0.15, -0.1) is 0 Å². The van der Waals surface area contributed by atoms with Crippen molar-refractivity contribution in [1.82, 2.24) is 0 Å². The third kappa shape index (κ3) is 6.70. The Balaban J connectivity index is 3.89. The molecule has 0 aliphatic rings. The van der Waals surface area contributed by atoms with Gasteiger partial charge < -0.3 is 5.73 Å². The van der Waals surface area contributed by atoms with E-state index in [1.165, 1.54) is 0 Å². The molecule has 0 atom stereocenters. The predicted molar refractivity (Wildman–Crippen MR) is 38.4 cm³/mol. The van der Waals surface area contributed by atoms with Crippen LogP contribution in [-0.4, -0.2) is 3.79 Å². The molecule has 1 nitrogen and oxygen atoms in total. The SMILES string of the molecule is N/C(Cl)=C\C(Cl)(Cl)Cl. The number of rotatable bonds is 0. The van der Waals surface area contributed by atoms with Crippen LogP contribution in [0.3, 0.4) is 0 Å². The fourth-order valence-electron chi connectivity index (χ4n) is 0.156. The zero-order valence-corrected chi connectivity index (χ0v) is 6.69. The average Bonchev–Trinajstić information content (AvgIpc) is 1.21. The van der Waals surface area contributed by atoms with Crippen LogP contribution in [-0.2, 0) is 0 Å². The van der Waals surface area contributed by atoms with E-state index in [-0.39, 0.29) is 5.16 Å². The molecule has 0 bridgehead atoms. The topological polar surface area (TPSA) is 26.0 Å². The van der Waals surface area contributed by atoms with Crippen molar-refractivity contribution in [2.45, 2.75) is 3.79 Å². The number of nitrogens with two attached hydrogens (primary N) is 1. The van der Waals surface area contributed by atoms with E-state index in [4.69, 9.17) is 52.1 Å². The standard InChI is InChI=1S/C3H3Cl4N/c4-2(8)1-3(5,6)7/h1H,8H2/b2-1-. The lowest BCUT2D eigenvalue weighted by molar-refractivity contribution is 1.38. The summed E-state index contributed by atoms with van der Waals surface area (Å²) in [4.78, 5) is 0. The summed E-state index contributed by atoms with van der Waals surface area (Å²) in [5.74, 6) is 0. The molecular formula is C3H3Cl4N. The van der Waals surface area contributed by atoms with E-state index >= 15 is 0 Å². The molecule has 2 N–H and O–H groups in total. The maximum Gasteiger partial charge on any atom is 0.212 e. The van der Waals surface area contributed by atoms with E-state index < -0.39 is 3.79 Å². The van der Waals surface area contributed by atoms with Crippen LogP contribution in [0.4, 0.5) is 0 Å². The molecule has 0 fully saturated rings. The summed E-state index contributed by atoms with van der Waals surface area (Å²) in [6.07, 6.45) is 1.11. The van der Waals surface area contributed by atoms with E-state index in [1.54, 1.807) is 0 Å². The lowest BCUT2D eigenvalue weighted by atomic mass is 10.7. The van der Waals surface area contributed by atoms with Gasteiger partial charge in [0.1, 0.15) is 0 Å². The third-order valence-electron chi connectivity index (χ3n) is 0.302. The molecular weight excluding hydrogens is 192 g/mol. The molecule has 5 heteroatoms. The molecule has 0 spiro atoms. The van der Waals surface area contributed by atoms with Crippen molar-refractivity contribution in [1.29, 1.82) is 0 Å². The summed E-state index contributed by atoms with van der Waals surface area (Å²) in [5, 5.41) is -0.0231. The lowest BCUT2D eigenvalue weighted by Gasteiger charge is -2.01. The molecule has 0 saturated carbocycles. The van der Waals surface area contributed by atoms with Crippen LogP contribution in [0.25, 0.3) is 0 Å². The molecule has 0 aromatic carbocycles. The highest BCUT2D eigenvalue weighted by Crippen LogP contribution is 2.28. The van der Waals surface area contributed by atoms with Crippen molar-refractivity contribution in [2.75, 3.05) is 0 Å². The summed E-state index contributed by atoms with van der Waals surface area (Å²) in [5.41, 5.74) is 4.95. The van der Waals surface area contributed by atoms with Crippen LogP contribution >= 0.6 is 46.4 Å². The lowest BCUT2D eigenvalue weighted by Crippen LogP contribution is -1.99. The Kier molecular flexibility index (Phi) is 3.28. The number of halogens is 4. The van der Waals surface area contributed by atoms with E-state index in [1.807, 2.05) is 0 Å². The van der Waals surface area contributed by atoms with Crippen LogP contribution in [0.1, 0.15) is 0 Å². The van der Waals surface area contributed by atoms with Gasteiger partial charge in [0.2, 0.25) is 3.79 Å². The molecule has 0 amide bonds. The first kappa shape index (κ1) is 8.70. The molecule has 0 unspecified atom stereocenters. The number of hydrogen-bond donors (Lipinski definition) is 1. The molecule has 0 aromatic rings. The van der Waals surface area contributed by atoms with Gasteiger partial charge in [0, 0.05) is 6.08 Å². The highest BCUT2D eigenvalue weighted by atomic mass is 35.6. The van der Waals surface area contributed by atoms with Gasteiger partial charge in [0.25, 0.3) is 0 Å². The van der Waals surface area contributed by atoms with Crippen molar-refractivity contribution in [3.8, 4) is 0 Å². The zero-order valence-electron chi connectivity index (χ0n) is 3.67. The second-order valence-corrected chi connectivity index (χ2v) is 3.88. The Bertz CT molecular complexity index is 98.3. The minimum atomic E-state index is -1.48. The molecule has 0 radical (unpaired) electrons. The number of allylic oxidation sites excluding steroid dienone is 1. The van der Waals surface area contributed by atoms with Crippen molar-refractivity contribution < 1.29 is 0 Å². The van der Waals surface area contributed by atoms with Crippen LogP contribution in [0.15, 0.2) is 11.2 Å². The molecule has 0 heterocycles. The number of alkyl halides is 3. The smallest absolute Gasteiger partial charge is 0.212 e. The summed E-state index contributed by atoms with van der Waals surface area (Å²) in [7, 11) is 0. The average molecular weight is 195 g/mol. The highest BCUT2D eigenvalue weighted by Gasteiger charge is 2.15. The van der Waals surface area contributed by atoms with Gasteiger partial charge >= 0.3 is 0 Å². The van der Waals surface area contributed by atoms with Gasteiger partial charge in [0.05, 0.1) is 5.16 Å². The summed E-state index contributed by atoms with van der Waals surface area (Å²) in [6, 6.07) is 0. The van der Waals surface area contributed by atoms with Crippen LogP contribution in [0, 0.1) is 0 Å². The highest BCUT2D eigenvalue weighted by molar-refractivity contribution is 6.69. The Morgan fingerprint density at radius 1 is 1.38 bits per heavy atom. The molecule has 0 rings (SSSR count). The first-order chi connectivity index (χ1) is 3.42. The van der Waals surface area contributed by atoms with E-state index in [2.05, 4.69) is 0 Å². The third-order valence-corrected chi connectivity index (χ3v) is 0.738. The molecule has 0 aliphatic heterocycles. The van der Waals surface area contributed by atoms with E-state index in [0.29, 0.717) is 0 Å². The van der Waals surface area contributed by atoms with Crippen molar-refractivity contribution in [3.05, 3.63) is 11.2 Å². The summed E-state index contributed by atoms with van der Waals surface area (Å²) < 4.78 is -1.48. The van der Waals surface area contributed by atoms with Gasteiger partial charge in [-0.2, -0.15) is 0 Å². The second-order valence-electron chi connectivity index (χ2n) is 1.07. The van der Waals surface area contributed by atoms with E-state index in [9.17, 15) is 0 Å². The van der Waals surface area contributed by atoms with Crippen molar-refractivity contribution >= 4 is 46.4 Å². The van der Waals surface area contributed by atoms with Crippen molar-refractivity contribution in [2.24, 2.45) is 5.73 Å². The van der Waals surface area contributed by atoms with E-state index in [0.717, 1.165) is 6.08 Å². The van der Waals surface area contributed by atoms with Gasteiger partial charge in [-0.3, -0.25) is 0 Å². The maximum atomic E-state index is 5.22. The first-order valence-corrected chi connectivity index (χ1v) is 3.13. The minimum absolute atomic E-state index is 0.0231. The molecule has 8 heavy (non-hydrogen) atoms. The van der Waals surface area contributed by atoms with Crippen molar-refractivity contribution in [3.63, 3.8) is 0 Å². The Morgan fingerprint density at radius 2 is 1.75 bits per heavy atom. The largest absolute Gasteiger partial charge is 0.390 e. The zero-order chi connectivity index (χ0) is 6.78. The van der Waals surface area contributed by atoms with Crippen LogP contribution < -0.4 is 5.73 Å². The summed E-state index contributed by atoms with van der Waals surface area (Å²) in [6.45, 7) is 0. The quantitative estimate of drug-likeness (QED) is 0.465. The maximum absolute atomic E-state index is 5.22. The van der Waals surface area contributed by atoms with Gasteiger partial charge in [-0.25, -0.2) is 0 Å². The van der Waals surface area contributed by atoms with Gasteiger partial charge in [-0.1, -0.05) is 46.4 Å². The molecule has 48 valence electrons. The Hall–Kier alpha value is 0.700. The normalized spacial score (nSPS) is 14.2. The molecule has 0 saturated heterocycles.